The van der Waals surface area contributed by atoms with E-state index in [1.165, 1.54) is 6.07 Å². The summed E-state index contributed by atoms with van der Waals surface area (Å²) in [7, 11) is 0. The summed E-state index contributed by atoms with van der Waals surface area (Å²) in [6, 6.07) is 13.8. The Hall–Kier alpha value is -3.03. The van der Waals surface area contributed by atoms with E-state index in [1.807, 2.05) is 30.3 Å². The molecule has 3 amide bonds. The number of carbonyl (C=O) groups is 3. The van der Waals surface area contributed by atoms with E-state index < -0.39 is 17.7 Å². The molecule has 2 aromatic carbocycles. The van der Waals surface area contributed by atoms with Crippen LogP contribution in [0.4, 0.5) is 5.69 Å². The number of nitrogens with one attached hydrogen (secondary N) is 4. The van der Waals surface area contributed by atoms with Crippen molar-refractivity contribution >= 4 is 46.6 Å². The molecule has 0 aliphatic rings. The maximum absolute atomic E-state index is 12.0. The van der Waals surface area contributed by atoms with Crippen molar-refractivity contribution in [2.75, 3.05) is 5.32 Å². The standard InChI is InChI=1S/C19H18Cl2N4O3/c1-12(9-17(26)23-14-7-8-15(20)16(21)10-14)24-25-19(28)18(27)22-11-13-5-3-2-4-6-13/h2-8,10,24H,1,9,11H2,(H,22,27)(H,23,26)(H,25,28). The first-order valence-corrected chi connectivity index (χ1v) is 8.91. The summed E-state index contributed by atoms with van der Waals surface area (Å²) in [5.41, 5.74) is 6.15. The molecular weight excluding hydrogens is 403 g/mol. The predicted molar refractivity (Wildman–Crippen MR) is 108 cm³/mol. The van der Waals surface area contributed by atoms with Crippen LogP contribution < -0.4 is 21.5 Å². The van der Waals surface area contributed by atoms with Gasteiger partial charge in [-0.25, -0.2) is 0 Å². The first kappa shape index (κ1) is 21.3. The summed E-state index contributed by atoms with van der Waals surface area (Å²) in [4.78, 5) is 35.5. The van der Waals surface area contributed by atoms with Crippen molar-refractivity contribution in [3.63, 3.8) is 0 Å². The van der Waals surface area contributed by atoms with Crippen LogP contribution in [0.15, 0.2) is 60.8 Å². The van der Waals surface area contributed by atoms with Gasteiger partial charge >= 0.3 is 11.8 Å². The van der Waals surface area contributed by atoms with Crippen LogP contribution in [-0.2, 0) is 20.9 Å². The lowest BCUT2D eigenvalue weighted by atomic mass is 10.2. The summed E-state index contributed by atoms with van der Waals surface area (Å²) < 4.78 is 0. The van der Waals surface area contributed by atoms with Gasteiger partial charge in [0.25, 0.3) is 0 Å². The molecule has 0 saturated carbocycles. The fraction of sp³-hybridized carbons (Fsp3) is 0.105. The lowest BCUT2D eigenvalue weighted by Gasteiger charge is -2.11. The van der Waals surface area contributed by atoms with Crippen LogP contribution >= 0.6 is 23.2 Å². The van der Waals surface area contributed by atoms with Gasteiger partial charge in [-0.15, -0.1) is 0 Å². The van der Waals surface area contributed by atoms with Crippen LogP contribution in [0.1, 0.15) is 12.0 Å². The topological polar surface area (TPSA) is 99.3 Å². The molecule has 2 rings (SSSR count). The van der Waals surface area contributed by atoms with Gasteiger partial charge in [0.2, 0.25) is 5.91 Å². The third-order valence-electron chi connectivity index (χ3n) is 3.43. The smallest absolute Gasteiger partial charge is 0.327 e. The van der Waals surface area contributed by atoms with Gasteiger partial charge in [-0.1, -0.05) is 60.1 Å². The average Bonchev–Trinajstić information content (AvgIpc) is 2.67. The Balaban J connectivity index is 1.71. The number of carbonyl (C=O) groups excluding carboxylic acids is 3. The number of halogens is 2. The molecule has 0 bridgehead atoms. The quantitative estimate of drug-likeness (QED) is 0.408. The van der Waals surface area contributed by atoms with E-state index in [4.69, 9.17) is 23.2 Å². The Morgan fingerprint density at radius 1 is 0.893 bits per heavy atom. The number of benzene rings is 2. The molecule has 0 atom stereocenters. The zero-order valence-corrected chi connectivity index (χ0v) is 16.2. The van der Waals surface area contributed by atoms with Gasteiger partial charge < -0.3 is 16.1 Å². The molecule has 0 aliphatic heterocycles. The van der Waals surface area contributed by atoms with Gasteiger partial charge in [0.05, 0.1) is 16.5 Å². The second kappa shape index (κ2) is 10.3. The second-order valence-corrected chi connectivity index (χ2v) is 6.52. The fourth-order valence-electron chi connectivity index (χ4n) is 2.08. The van der Waals surface area contributed by atoms with Gasteiger partial charge in [-0.05, 0) is 23.8 Å². The summed E-state index contributed by atoms with van der Waals surface area (Å²) in [5.74, 6) is -2.11. The fourth-order valence-corrected chi connectivity index (χ4v) is 2.38. The lowest BCUT2D eigenvalue weighted by Crippen LogP contribution is -2.45. The predicted octanol–water partition coefficient (Wildman–Crippen LogP) is 2.77. The van der Waals surface area contributed by atoms with Crippen molar-refractivity contribution in [3.8, 4) is 0 Å². The number of anilines is 1. The van der Waals surface area contributed by atoms with Crippen molar-refractivity contribution in [2.45, 2.75) is 13.0 Å². The van der Waals surface area contributed by atoms with Crippen LogP contribution in [0.25, 0.3) is 0 Å². The molecule has 146 valence electrons. The highest BCUT2D eigenvalue weighted by Gasteiger charge is 2.13. The van der Waals surface area contributed by atoms with Crippen LogP contribution in [0.5, 0.6) is 0 Å². The number of hydrogen-bond donors (Lipinski definition) is 4. The van der Waals surface area contributed by atoms with E-state index in [9.17, 15) is 14.4 Å². The number of hydrogen-bond acceptors (Lipinski definition) is 4. The normalized spacial score (nSPS) is 9.93. The molecule has 7 nitrogen and oxygen atoms in total. The van der Waals surface area contributed by atoms with Gasteiger partial charge in [0.1, 0.15) is 0 Å². The number of hydrazine groups is 1. The Kier molecular flexibility index (Phi) is 7.86. The second-order valence-electron chi connectivity index (χ2n) is 5.70. The zero-order valence-electron chi connectivity index (χ0n) is 14.7. The molecule has 4 N–H and O–H groups in total. The molecular formula is C19H18Cl2N4O3. The molecule has 2 aromatic rings. The minimum Gasteiger partial charge on any atom is -0.344 e. The van der Waals surface area contributed by atoms with Crippen molar-refractivity contribution in [3.05, 3.63) is 76.4 Å². The molecule has 0 fully saturated rings. The molecule has 0 heterocycles. The van der Waals surface area contributed by atoms with Crippen molar-refractivity contribution in [2.24, 2.45) is 0 Å². The molecule has 28 heavy (non-hydrogen) atoms. The van der Waals surface area contributed by atoms with E-state index in [-0.39, 0.29) is 18.7 Å². The Morgan fingerprint density at radius 3 is 2.29 bits per heavy atom. The molecule has 0 spiro atoms. The van der Waals surface area contributed by atoms with Crippen LogP contribution in [0.3, 0.4) is 0 Å². The maximum Gasteiger partial charge on any atom is 0.327 e. The summed E-state index contributed by atoms with van der Waals surface area (Å²) in [6.07, 6.45) is -0.133. The van der Waals surface area contributed by atoms with E-state index in [2.05, 4.69) is 28.1 Å². The molecule has 0 unspecified atom stereocenters. The minimum atomic E-state index is -0.901. The first-order chi connectivity index (χ1) is 13.3. The summed E-state index contributed by atoms with van der Waals surface area (Å²) >= 11 is 11.7. The first-order valence-electron chi connectivity index (χ1n) is 8.16. The lowest BCUT2D eigenvalue weighted by molar-refractivity contribution is -0.139. The largest absolute Gasteiger partial charge is 0.344 e. The third-order valence-corrected chi connectivity index (χ3v) is 4.17. The number of rotatable bonds is 7. The molecule has 0 aromatic heterocycles. The van der Waals surface area contributed by atoms with Crippen molar-refractivity contribution < 1.29 is 14.4 Å². The van der Waals surface area contributed by atoms with E-state index in [0.29, 0.717) is 15.7 Å². The van der Waals surface area contributed by atoms with Gasteiger partial charge in [-0.3, -0.25) is 19.8 Å². The third kappa shape index (κ3) is 6.94. The summed E-state index contributed by atoms with van der Waals surface area (Å²) in [5, 5.41) is 5.78. The highest BCUT2D eigenvalue weighted by molar-refractivity contribution is 6.42. The Labute approximate surface area is 172 Å². The van der Waals surface area contributed by atoms with Gasteiger partial charge in [0.15, 0.2) is 0 Å². The van der Waals surface area contributed by atoms with Crippen molar-refractivity contribution in [1.82, 2.24) is 16.2 Å². The molecule has 0 radical (unpaired) electrons. The molecule has 0 aliphatic carbocycles. The van der Waals surface area contributed by atoms with Gasteiger partial charge in [-0.2, -0.15) is 0 Å². The van der Waals surface area contributed by atoms with Crippen LogP contribution in [-0.4, -0.2) is 17.7 Å². The maximum atomic E-state index is 12.0. The monoisotopic (exact) mass is 420 g/mol. The summed E-state index contributed by atoms with van der Waals surface area (Å²) in [6.45, 7) is 3.85. The van der Waals surface area contributed by atoms with Crippen molar-refractivity contribution in [1.29, 1.82) is 0 Å². The minimum absolute atomic E-state index is 0.133. The molecule has 0 saturated heterocycles. The highest BCUT2D eigenvalue weighted by atomic mass is 35.5. The van der Waals surface area contributed by atoms with Gasteiger partial charge in [0, 0.05) is 17.9 Å². The van der Waals surface area contributed by atoms with E-state index >= 15 is 0 Å². The Morgan fingerprint density at radius 2 is 1.61 bits per heavy atom. The van der Waals surface area contributed by atoms with E-state index in [0.717, 1.165) is 5.56 Å². The SMILES string of the molecule is C=C(CC(=O)Nc1ccc(Cl)c(Cl)c1)NNC(=O)C(=O)NCc1ccccc1. The highest BCUT2D eigenvalue weighted by Crippen LogP contribution is 2.25. The number of amides is 3. The average molecular weight is 421 g/mol. The van der Waals surface area contributed by atoms with Crippen LogP contribution in [0, 0.1) is 0 Å². The van der Waals surface area contributed by atoms with Crippen LogP contribution in [0.2, 0.25) is 10.0 Å². The Bertz CT molecular complexity index is 888. The molecule has 9 heteroatoms. The zero-order chi connectivity index (χ0) is 20.5. The van der Waals surface area contributed by atoms with E-state index in [1.54, 1.807) is 12.1 Å².